The Bertz CT molecular complexity index is 401. The first-order valence-corrected chi connectivity index (χ1v) is 4.12. The normalized spacial score (nSPS) is 8.47. The average molecular weight is 283 g/mol. The Morgan fingerprint density at radius 2 is 1.24 bits per heavy atom. The summed E-state index contributed by atoms with van der Waals surface area (Å²) in [5, 5.41) is 16.4. The molecule has 7 heteroatoms. The molecule has 0 saturated heterocycles. The number of aromatic carboxylic acids is 2. The van der Waals surface area contributed by atoms with E-state index in [0.717, 1.165) is 0 Å². The monoisotopic (exact) mass is 283 g/mol. The molecule has 2 rings (SSSR count). The van der Waals surface area contributed by atoms with E-state index in [0.29, 0.717) is 0 Å². The first-order valence-electron chi connectivity index (χ1n) is 4.12. The predicted octanol–water partition coefficient (Wildman–Crippen LogP) is 1.95. The summed E-state index contributed by atoms with van der Waals surface area (Å²) in [7, 11) is 0. The molecule has 0 unspecified atom stereocenters. The molecule has 0 aliphatic carbocycles. The van der Waals surface area contributed by atoms with Crippen molar-refractivity contribution in [3.05, 3.63) is 48.3 Å². The molecular formula is C10H8CoO6. The Kier molecular flexibility index (Phi) is 6.45. The maximum absolute atomic E-state index is 10.0. The Labute approximate surface area is 106 Å². The van der Waals surface area contributed by atoms with Gasteiger partial charge in [0.25, 0.3) is 0 Å². The fraction of sp³-hybridized carbons (Fsp3) is 0. The summed E-state index contributed by atoms with van der Waals surface area (Å²) < 4.78 is 8.99. The zero-order valence-corrected chi connectivity index (χ0v) is 9.37. The quantitative estimate of drug-likeness (QED) is 0.873. The van der Waals surface area contributed by atoms with Crippen LogP contribution in [-0.2, 0) is 16.8 Å². The zero-order valence-electron chi connectivity index (χ0n) is 8.32. The van der Waals surface area contributed by atoms with Crippen LogP contribution >= 0.6 is 0 Å². The van der Waals surface area contributed by atoms with Gasteiger partial charge in [0.15, 0.2) is 0 Å². The maximum Gasteiger partial charge on any atom is 0.338 e. The van der Waals surface area contributed by atoms with Crippen molar-refractivity contribution in [3.63, 3.8) is 0 Å². The van der Waals surface area contributed by atoms with Gasteiger partial charge in [0, 0.05) is 16.8 Å². The van der Waals surface area contributed by atoms with E-state index < -0.39 is 11.9 Å². The minimum atomic E-state index is -0.959. The van der Waals surface area contributed by atoms with E-state index in [9.17, 15) is 9.59 Å². The van der Waals surface area contributed by atoms with Gasteiger partial charge in [0.1, 0.15) is 12.5 Å². The minimum absolute atomic E-state index is 0. The van der Waals surface area contributed by atoms with Crippen LogP contribution in [0.5, 0.6) is 0 Å². The number of carbonyl (C=O) groups is 2. The second kappa shape index (κ2) is 7.31. The van der Waals surface area contributed by atoms with Crippen molar-refractivity contribution in [2.75, 3.05) is 0 Å². The number of carboxylic acid groups (broad SMARTS) is 2. The Hall–Kier alpha value is -1.99. The summed E-state index contributed by atoms with van der Waals surface area (Å²) in [6.45, 7) is 0. The van der Waals surface area contributed by atoms with Gasteiger partial charge >= 0.3 is 11.9 Å². The zero-order chi connectivity index (χ0) is 12.0. The largest absolute Gasteiger partial charge is 0.478 e. The molecule has 0 atom stereocenters. The molecule has 0 spiro atoms. The van der Waals surface area contributed by atoms with Crippen LogP contribution in [0.15, 0.2) is 46.0 Å². The van der Waals surface area contributed by atoms with E-state index in [2.05, 4.69) is 8.83 Å². The number of furan rings is 2. The SMILES string of the molecule is O=C(O)c1ccoc1.O=C(O)c1ccoc1.[Co]. The van der Waals surface area contributed by atoms with E-state index in [1.807, 2.05) is 0 Å². The van der Waals surface area contributed by atoms with Gasteiger partial charge in [-0.25, -0.2) is 9.59 Å². The summed E-state index contributed by atoms with van der Waals surface area (Å²) in [6.07, 6.45) is 5.01. The molecule has 6 nitrogen and oxygen atoms in total. The molecule has 2 aromatic rings. The fourth-order valence-corrected chi connectivity index (χ4v) is 0.772. The Morgan fingerprint density at radius 1 is 0.882 bits per heavy atom. The fourth-order valence-electron chi connectivity index (χ4n) is 0.772. The van der Waals surface area contributed by atoms with Crippen molar-refractivity contribution in [2.45, 2.75) is 0 Å². The summed E-state index contributed by atoms with van der Waals surface area (Å²) in [6, 6.07) is 2.78. The van der Waals surface area contributed by atoms with Crippen LogP contribution in [0, 0.1) is 0 Å². The van der Waals surface area contributed by atoms with Gasteiger partial charge in [-0.3, -0.25) is 0 Å². The average Bonchev–Trinajstić information content (AvgIpc) is 2.93. The van der Waals surface area contributed by atoms with Crippen molar-refractivity contribution < 1.29 is 45.4 Å². The topological polar surface area (TPSA) is 101 Å². The number of hydrogen-bond acceptors (Lipinski definition) is 4. The summed E-state index contributed by atoms with van der Waals surface area (Å²) in [4.78, 5) is 20.0. The number of carboxylic acids is 2. The molecule has 93 valence electrons. The molecule has 17 heavy (non-hydrogen) atoms. The maximum atomic E-state index is 10.0. The molecule has 2 N–H and O–H groups in total. The molecule has 0 aliphatic heterocycles. The van der Waals surface area contributed by atoms with E-state index in [4.69, 9.17) is 10.2 Å². The van der Waals surface area contributed by atoms with E-state index in [1.54, 1.807) is 0 Å². The van der Waals surface area contributed by atoms with Crippen molar-refractivity contribution in [2.24, 2.45) is 0 Å². The second-order valence-electron chi connectivity index (χ2n) is 2.63. The van der Waals surface area contributed by atoms with Gasteiger partial charge in [-0.05, 0) is 12.1 Å². The van der Waals surface area contributed by atoms with E-state index in [1.165, 1.54) is 37.2 Å². The van der Waals surface area contributed by atoms with Crippen LogP contribution in [0.4, 0.5) is 0 Å². The molecule has 0 fully saturated rings. The molecule has 2 aromatic heterocycles. The molecular weight excluding hydrogens is 275 g/mol. The van der Waals surface area contributed by atoms with Crippen LogP contribution in [0.2, 0.25) is 0 Å². The first-order chi connectivity index (χ1) is 7.61. The van der Waals surface area contributed by atoms with E-state index >= 15 is 0 Å². The molecule has 0 bridgehead atoms. The molecule has 0 saturated carbocycles. The van der Waals surface area contributed by atoms with Gasteiger partial charge in [-0.15, -0.1) is 0 Å². The minimum Gasteiger partial charge on any atom is -0.478 e. The standard InChI is InChI=1S/2C5H4O3.Co/c2*6-5(7)4-1-2-8-3-4;/h2*1-3H,(H,6,7);. The van der Waals surface area contributed by atoms with Crippen molar-refractivity contribution in [3.8, 4) is 0 Å². The molecule has 1 radical (unpaired) electrons. The third kappa shape index (κ3) is 5.04. The van der Waals surface area contributed by atoms with Gasteiger partial charge in [0.2, 0.25) is 0 Å². The molecule has 0 aliphatic rings. The Balaban J connectivity index is 0.000000284. The predicted molar refractivity (Wildman–Crippen MR) is 51.3 cm³/mol. The van der Waals surface area contributed by atoms with Gasteiger partial charge in [0.05, 0.1) is 23.7 Å². The van der Waals surface area contributed by atoms with Crippen LogP contribution < -0.4 is 0 Å². The Morgan fingerprint density at radius 3 is 1.35 bits per heavy atom. The number of rotatable bonds is 2. The molecule has 0 aromatic carbocycles. The van der Waals surface area contributed by atoms with E-state index in [-0.39, 0.29) is 27.9 Å². The third-order valence-corrected chi connectivity index (χ3v) is 1.54. The summed E-state index contributed by atoms with van der Waals surface area (Å²) >= 11 is 0. The van der Waals surface area contributed by atoms with Crippen LogP contribution in [-0.4, -0.2) is 22.2 Å². The second-order valence-corrected chi connectivity index (χ2v) is 2.63. The van der Waals surface area contributed by atoms with Crippen LogP contribution in [0.3, 0.4) is 0 Å². The number of hydrogen-bond donors (Lipinski definition) is 2. The van der Waals surface area contributed by atoms with Gasteiger partial charge < -0.3 is 19.0 Å². The van der Waals surface area contributed by atoms with Gasteiger partial charge in [-0.1, -0.05) is 0 Å². The molecule has 0 amide bonds. The summed E-state index contributed by atoms with van der Waals surface area (Å²) in [5.74, 6) is -1.92. The smallest absolute Gasteiger partial charge is 0.338 e. The molecule has 2 heterocycles. The van der Waals surface area contributed by atoms with Crippen molar-refractivity contribution >= 4 is 11.9 Å². The van der Waals surface area contributed by atoms with Crippen LogP contribution in [0.1, 0.15) is 20.7 Å². The van der Waals surface area contributed by atoms with Crippen LogP contribution in [0.25, 0.3) is 0 Å². The van der Waals surface area contributed by atoms with Crippen molar-refractivity contribution in [1.82, 2.24) is 0 Å². The van der Waals surface area contributed by atoms with Crippen molar-refractivity contribution in [1.29, 1.82) is 0 Å². The third-order valence-electron chi connectivity index (χ3n) is 1.54. The van der Waals surface area contributed by atoms with Gasteiger partial charge in [-0.2, -0.15) is 0 Å². The summed E-state index contributed by atoms with van der Waals surface area (Å²) in [5.41, 5.74) is 0.370. The first kappa shape index (κ1) is 15.0.